The highest BCUT2D eigenvalue weighted by atomic mass is 35.5. The fourth-order valence-corrected chi connectivity index (χ4v) is 2.39. The maximum Gasteiger partial charge on any atom is 0.127 e. The van der Waals surface area contributed by atoms with Gasteiger partial charge in [-0.15, -0.1) is 11.6 Å². The molecule has 0 heterocycles. The van der Waals surface area contributed by atoms with Crippen LogP contribution in [0.2, 0.25) is 0 Å². The first kappa shape index (κ1) is 14.2. The fourth-order valence-electron chi connectivity index (χ4n) is 2.23. The van der Waals surface area contributed by atoms with Gasteiger partial charge in [-0.2, -0.15) is 0 Å². The van der Waals surface area contributed by atoms with Crippen LogP contribution in [-0.2, 0) is 0 Å². The predicted molar refractivity (Wildman–Crippen MR) is 83.5 cm³/mol. The Morgan fingerprint density at radius 3 is 2.26 bits per heavy atom. The Kier molecular flexibility index (Phi) is 4.05. The Labute approximate surface area is 120 Å². The van der Waals surface area contributed by atoms with E-state index in [1.807, 2.05) is 6.07 Å². The number of hydrogen-bond donors (Lipinski definition) is 0. The monoisotopic (exact) mass is 276 g/mol. The number of fused-ring (bicyclic) bond motifs is 1. The summed E-state index contributed by atoms with van der Waals surface area (Å²) in [7, 11) is 0. The van der Waals surface area contributed by atoms with Gasteiger partial charge in [0.1, 0.15) is 11.4 Å². The summed E-state index contributed by atoms with van der Waals surface area (Å²) in [5, 5.41) is 2.39. The SMILES string of the molecule is C[C@@H](CCl)c1ccc(OC(C)(C)C)c2ccccc12. The number of alkyl halides is 1. The third-order valence-electron chi connectivity index (χ3n) is 3.10. The zero-order chi connectivity index (χ0) is 14.0. The highest BCUT2D eigenvalue weighted by molar-refractivity contribution is 6.18. The van der Waals surface area contributed by atoms with Crippen LogP contribution < -0.4 is 4.74 Å². The smallest absolute Gasteiger partial charge is 0.127 e. The van der Waals surface area contributed by atoms with Crippen LogP contribution in [0.3, 0.4) is 0 Å². The first-order valence-corrected chi connectivity index (χ1v) is 7.22. The average molecular weight is 277 g/mol. The minimum atomic E-state index is -0.192. The lowest BCUT2D eigenvalue weighted by Gasteiger charge is -2.23. The van der Waals surface area contributed by atoms with Crippen molar-refractivity contribution in [3.05, 3.63) is 42.0 Å². The second kappa shape index (κ2) is 5.42. The van der Waals surface area contributed by atoms with E-state index in [0.717, 1.165) is 11.1 Å². The van der Waals surface area contributed by atoms with E-state index < -0.39 is 0 Å². The summed E-state index contributed by atoms with van der Waals surface area (Å²) in [5.41, 5.74) is 1.09. The van der Waals surface area contributed by atoms with E-state index in [9.17, 15) is 0 Å². The molecule has 1 nitrogen and oxygen atoms in total. The molecule has 102 valence electrons. The minimum absolute atomic E-state index is 0.192. The van der Waals surface area contributed by atoms with Gasteiger partial charge < -0.3 is 4.74 Å². The van der Waals surface area contributed by atoms with Crippen molar-refractivity contribution in [2.24, 2.45) is 0 Å². The summed E-state index contributed by atoms with van der Waals surface area (Å²) in [6, 6.07) is 12.6. The molecule has 1 atom stereocenters. The molecule has 2 rings (SSSR count). The van der Waals surface area contributed by atoms with Crippen molar-refractivity contribution in [3.8, 4) is 5.75 Å². The third-order valence-corrected chi connectivity index (χ3v) is 3.56. The first-order chi connectivity index (χ1) is 8.92. The Balaban J connectivity index is 2.58. The second-order valence-electron chi connectivity index (χ2n) is 5.97. The predicted octanol–water partition coefficient (Wildman–Crippen LogP) is 5.36. The van der Waals surface area contributed by atoms with Gasteiger partial charge in [0.15, 0.2) is 0 Å². The summed E-state index contributed by atoms with van der Waals surface area (Å²) in [6.45, 7) is 8.35. The normalized spacial score (nSPS) is 13.5. The molecule has 0 N–H and O–H groups in total. The summed E-state index contributed by atoms with van der Waals surface area (Å²) in [4.78, 5) is 0. The first-order valence-electron chi connectivity index (χ1n) is 6.69. The van der Waals surface area contributed by atoms with Crippen molar-refractivity contribution in [2.75, 3.05) is 5.88 Å². The average Bonchev–Trinajstić information content (AvgIpc) is 2.36. The van der Waals surface area contributed by atoms with Gasteiger partial charge in [0, 0.05) is 11.3 Å². The lowest BCUT2D eigenvalue weighted by molar-refractivity contribution is 0.133. The maximum absolute atomic E-state index is 6.05. The summed E-state index contributed by atoms with van der Waals surface area (Å²) in [5.74, 6) is 1.91. The molecule has 0 spiro atoms. The summed E-state index contributed by atoms with van der Waals surface area (Å²) in [6.07, 6.45) is 0. The third kappa shape index (κ3) is 3.22. The van der Waals surface area contributed by atoms with Crippen molar-refractivity contribution in [2.45, 2.75) is 39.2 Å². The number of halogens is 1. The topological polar surface area (TPSA) is 9.23 Å². The van der Waals surface area contributed by atoms with E-state index in [1.54, 1.807) is 0 Å². The molecule has 2 aromatic rings. The van der Waals surface area contributed by atoms with E-state index in [-0.39, 0.29) is 5.60 Å². The van der Waals surface area contributed by atoms with Gasteiger partial charge in [0.25, 0.3) is 0 Å². The molecule has 0 aliphatic rings. The number of ether oxygens (including phenoxy) is 1. The molecule has 2 heteroatoms. The molecule has 19 heavy (non-hydrogen) atoms. The molecule has 0 saturated heterocycles. The largest absolute Gasteiger partial charge is 0.488 e. The zero-order valence-corrected chi connectivity index (χ0v) is 12.8. The minimum Gasteiger partial charge on any atom is -0.488 e. The van der Waals surface area contributed by atoms with Crippen LogP contribution in [-0.4, -0.2) is 11.5 Å². The van der Waals surface area contributed by atoms with Gasteiger partial charge >= 0.3 is 0 Å². The van der Waals surface area contributed by atoms with E-state index >= 15 is 0 Å². The Bertz CT molecular complexity index is 569. The Hall–Kier alpha value is -1.21. The summed E-state index contributed by atoms with van der Waals surface area (Å²) < 4.78 is 6.05. The highest BCUT2D eigenvalue weighted by Gasteiger charge is 2.16. The van der Waals surface area contributed by atoms with Crippen molar-refractivity contribution in [3.63, 3.8) is 0 Å². The number of rotatable bonds is 3. The van der Waals surface area contributed by atoms with Crippen LogP contribution in [0.5, 0.6) is 5.75 Å². The van der Waals surface area contributed by atoms with Crippen LogP contribution in [0.1, 0.15) is 39.2 Å². The van der Waals surface area contributed by atoms with Gasteiger partial charge in [-0.3, -0.25) is 0 Å². The highest BCUT2D eigenvalue weighted by Crippen LogP contribution is 2.34. The second-order valence-corrected chi connectivity index (χ2v) is 6.28. The van der Waals surface area contributed by atoms with Crippen molar-refractivity contribution in [1.82, 2.24) is 0 Å². The van der Waals surface area contributed by atoms with Crippen LogP contribution in [0.4, 0.5) is 0 Å². The summed E-state index contributed by atoms with van der Waals surface area (Å²) >= 11 is 6.00. The van der Waals surface area contributed by atoms with Crippen LogP contribution in [0, 0.1) is 0 Å². The molecular weight excluding hydrogens is 256 g/mol. The maximum atomic E-state index is 6.05. The van der Waals surface area contributed by atoms with E-state index in [4.69, 9.17) is 16.3 Å². The molecule has 0 amide bonds. The molecule has 0 aromatic heterocycles. The van der Waals surface area contributed by atoms with Crippen molar-refractivity contribution in [1.29, 1.82) is 0 Å². The van der Waals surface area contributed by atoms with Gasteiger partial charge in [0.2, 0.25) is 0 Å². The molecule has 0 saturated carbocycles. The van der Waals surface area contributed by atoms with Crippen LogP contribution in [0.25, 0.3) is 10.8 Å². The van der Waals surface area contributed by atoms with Crippen molar-refractivity contribution < 1.29 is 4.74 Å². The molecule has 0 unspecified atom stereocenters. The Morgan fingerprint density at radius 2 is 1.68 bits per heavy atom. The van der Waals surface area contributed by atoms with Crippen LogP contribution in [0.15, 0.2) is 36.4 Å². The number of benzene rings is 2. The lowest BCUT2D eigenvalue weighted by atomic mass is 9.95. The van der Waals surface area contributed by atoms with E-state index in [2.05, 4.69) is 58.0 Å². The number of hydrogen-bond acceptors (Lipinski definition) is 1. The quantitative estimate of drug-likeness (QED) is 0.686. The Morgan fingerprint density at radius 1 is 1.05 bits per heavy atom. The molecule has 0 radical (unpaired) electrons. The molecule has 0 aliphatic carbocycles. The van der Waals surface area contributed by atoms with Gasteiger partial charge in [-0.25, -0.2) is 0 Å². The molecule has 2 aromatic carbocycles. The molecule has 0 fully saturated rings. The zero-order valence-electron chi connectivity index (χ0n) is 12.0. The van der Waals surface area contributed by atoms with E-state index in [0.29, 0.717) is 11.8 Å². The van der Waals surface area contributed by atoms with Crippen molar-refractivity contribution >= 4 is 22.4 Å². The fraction of sp³-hybridized carbons (Fsp3) is 0.412. The lowest BCUT2D eigenvalue weighted by Crippen LogP contribution is -2.23. The van der Waals surface area contributed by atoms with Gasteiger partial charge in [-0.05, 0) is 43.7 Å². The van der Waals surface area contributed by atoms with Crippen LogP contribution >= 0.6 is 11.6 Å². The van der Waals surface area contributed by atoms with Gasteiger partial charge in [-0.1, -0.05) is 37.3 Å². The van der Waals surface area contributed by atoms with E-state index in [1.165, 1.54) is 10.9 Å². The molecule has 0 aliphatic heterocycles. The molecular formula is C17H21ClO. The standard InChI is InChI=1S/C17H21ClO/c1-12(11-18)13-9-10-16(19-17(2,3)4)15-8-6-5-7-14(13)15/h5-10,12H,11H2,1-4H3/t12-/m0/s1. The molecule has 0 bridgehead atoms. The van der Waals surface area contributed by atoms with Gasteiger partial charge in [0.05, 0.1) is 0 Å².